The highest BCUT2D eigenvalue weighted by atomic mass is 19.4. The summed E-state index contributed by atoms with van der Waals surface area (Å²) in [6.45, 7) is 1.47. The lowest BCUT2D eigenvalue weighted by Gasteiger charge is -2.15. The Morgan fingerprint density at radius 2 is 1.88 bits per heavy atom. The van der Waals surface area contributed by atoms with E-state index in [1.807, 2.05) is 0 Å². The molecule has 0 aliphatic heterocycles. The number of carboxylic acids is 1. The Hall–Kier alpha value is -2.98. The summed E-state index contributed by atoms with van der Waals surface area (Å²) in [6, 6.07) is 2.87. The first-order chi connectivity index (χ1) is 11.6. The van der Waals surface area contributed by atoms with E-state index in [0.717, 1.165) is 12.1 Å². The number of amides is 1. The van der Waals surface area contributed by atoms with E-state index in [-0.39, 0.29) is 5.82 Å². The summed E-state index contributed by atoms with van der Waals surface area (Å²) < 4.78 is 51.2. The van der Waals surface area contributed by atoms with Gasteiger partial charge in [-0.2, -0.15) is 13.2 Å². The Balaban J connectivity index is 2.21. The number of aryl methyl sites for hydroxylation is 1. The fourth-order valence-electron chi connectivity index (χ4n) is 1.97. The Morgan fingerprint density at radius 1 is 1.28 bits per heavy atom. The van der Waals surface area contributed by atoms with Crippen molar-refractivity contribution in [3.8, 4) is 5.69 Å². The third-order valence-electron chi connectivity index (χ3n) is 3.08. The van der Waals surface area contributed by atoms with E-state index in [4.69, 9.17) is 5.11 Å². The SMILES string of the molecule is Cc1nc(C(=O)NC(CC(F)(F)F)C(=O)O)nn1-c1ccc(F)cc1. The minimum atomic E-state index is -4.77. The number of nitrogens with one attached hydrogen (secondary N) is 1. The first kappa shape index (κ1) is 18.4. The van der Waals surface area contributed by atoms with Gasteiger partial charge in [0.2, 0.25) is 5.82 Å². The molecule has 1 atom stereocenters. The molecule has 1 heterocycles. The van der Waals surface area contributed by atoms with Crippen LogP contribution in [0.3, 0.4) is 0 Å². The summed E-state index contributed by atoms with van der Waals surface area (Å²) in [4.78, 5) is 26.6. The molecular weight excluding hydrogens is 348 g/mol. The normalized spacial score (nSPS) is 12.7. The number of carbonyl (C=O) groups is 2. The predicted molar refractivity (Wildman–Crippen MR) is 75.6 cm³/mol. The third-order valence-corrected chi connectivity index (χ3v) is 3.08. The zero-order valence-corrected chi connectivity index (χ0v) is 12.7. The van der Waals surface area contributed by atoms with E-state index >= 15 is 0 Å². The number of carbonyl (C=O) groups excluding carboxylic acids is 1. The van der Waals surface area contributed by atoms with Gasteiger partial charge in [0.15, 0.2) is 0 Å². The van der Waals surface area contributed by atoms with Crippen LogP contribution in [0.25, 0.3) is 5.69 Å². The number of nitrogens with zero attached hydrogens (tertiary/aromatic N) is 3. The molecule has 11 heteroatoms. The van der Waals surface area contributed by atoms with Crippen molar-refractivity contribution in [2.45, 2.75) is 25.6 Å². The minimum Gasteiger partial charge on any atom is -0.480 e. The average molecular weight is 360 g/mol. The van der Waals surface area contributed by atoms with Gasteiger partial charge in [-0.25, -0.2) is 18.9 Å². The molecule has 0 saturated carbocycles. The lowest BCUT2D eigenvalue weighted by atomic mass is 10.2. The molecule has 0 bridgehead atoms. The number of halogens is 4. The average Bonchev–Trinajstić information content (AvgIpc) is 2.88. The molecule has 1 aromatic carbocycles. The van der Waals surface area contributed by atoms with Crippen LogP contribution in [0.5, 0.6) is 0 Å². The standard InChI is InChI=1S/C14H12F4N4O3/c1-7-19-11(21-22(7)9-4-2-8(15)3-5-9)12(23)20-10(13(24)25)6-14(16,17)18/h2-5,10H,6H2,1H3,(H,20,23)(H,24,25). The molecule has 0 fully saturated rings. The fourth-order valence-corrected chi connectivity index (χ4v) is 1.97. The van der Waals surface area contributed by atoms with Gasteiger partial charge in [0.25, 0.3) is 5.91 Å². The van der Waals surface area contributed by atoms with Crippen LogP contribution >= 0.6 is 0 Å². The second-order valence-corrected chi connectivity index (χ2v) is 5.05. The topological polar surface area (TPSA) is 97.1 Å². The zero-order chi connectivity index (χ0) is 18.8. The molecule has 1 aromatic heterocycles. The zero-order valence-electron chi connectivity index (χ0n) is 12.7. The van der Waals surface area contributed by atoms with Crippen molar-refractivity contribution in [2.75, 3.05) is 0 Å². The Kier molecular flexibility index (Phi) is 5.04. The van der Waals surface area contributed by atoms with Crippen LogP contribution in [-0.2, 0) is 4.79 Å². The van der Waals surface area contributed by atoms with Crippen molar-refractivity contribution in [3.05, 3.63) is 41.7 Å². The molecular formula is C14H12F4N4O3. The molecule has 25 heavy (non-hydrogen) atoms. The number of hydrogen-bond donors (Lipinski definition) is 2. The van der Waals surface area contributed by atoms with E-state index in [9.17, 15) is 27.2 Å². The maximum absolute atomic E-state index is 12.9. The third kappa shape index (κ3) is 4.75. The van der Waals surface area contributed by atoms with E-state index in [2.05, 4.69) is 10.1 Å². The number of benzene rings is 1. The molecule has 2 aromatic rings. The maximum Gasteiger partial charge on any atom is 0.391 e. The van der Waals surface area contributed by atoms with E-state index in [1.54, 1.807) is 5.32 Å². The first-order valence-corrected chi connectivity index (χ1v) is 6.87. The Bertz CT molecular complexity index is 786. The summed E-state index contributed by atoms with van der Waals surface area (Å²) in [6.07, 6.45) is -6.50. The second-order valence-electron chi connectivity index (χ2n) is 5.05. The lowest BCUT2D eigenvalue weighted by molar-refractivity contribution is -0.157. The molecule has 7 nitrogen and oxygen atoms in total. The number of alkyl halides is 3. The highest BCUT2D eigenvalue weighted by Crippen LogP contribution is 2.21. The highest BCUT2D eigenvalue weighted by Gasteiger charge is 2.37. The lowest BCUT2D eigenvalue weighted by Crippen LogP contribution is -2.44. The van der Waals surface area contributed by atoms with Crippen LogP contribution in [-0.4, -0.2) is 44.0 Å². The summed E-state index contributed by atoms with van der Waals surface area (Å²) in [5.74, 6) is -3.79. The molecule has 0 aliphatic carbocycles. The van der Waals surface area contributed by atoms with Gasteiger partial charge in [0.1, 0.15) is 17.7 Å². The molecule has 1 amide bonds. The summed E-state index contributed by atoms with van der Waals surface area (Å²) in [5.41, 5.74) is 0.371. The number of rotatable bonds is 5. The van der Waals surface area contributed by atoms with Crippen molar-refractivity contribution in [3.63, 3.8) is 0 Å². The molecule has 2 N–H and O–H groups in total. The molecule has 0 radical (unpaired) electrons. The molecule has 0 spiro atoms. The van der Waals surface area contributed by atoms with E-state index in [1.165, 1.54) is 23.7 Å². The van der Waals surface area contributed by atoms with Crippen LogP contribution in [0.15, 0.2) is 24.3 Å². The van der Waals surface area contributed by atoms with Crippen LogP contribution in [0, 0.1) is 12.7 Å². The quantitative estimate of drug-likeness (QED) is 0.793. The monoisotopic (exact) mass is 360 g/mol. The fraction of sp³-hybridized carbons (Fsp3) is 0.286. The van der Waals surface area contributed by atoms with Crippen LogP contribution < -0.4 is 5.32 Å². The largest absolute Gasteiger partial charge is 0.480 e. The molecule has 134 valence electrons. The van der Waals surface area contributed by atoms with Crippen molar-refractivity contribution >= 4 is 11.9 Å². The number of hydrogen-bond acceptors (Lipinski definition) is 4. The van der Waals surface area contributed by atoms with Crippen LogP contribution in [0.4, 0.5) is 17.6 Å². The number of aromatic nitrogens is 3. The number of carboxylic acid groups (broad SMARTS) is 1. The summed E-state index contributed by atoms with van der Waals surface area (Å²) >= 11 is 0. The smallest absolute Gasteiger partial charge is 0.391 e. The maximum atomic E-state index is 12.9. The van der Waals surface area contributed by atoms with Crippen molar-refractivity contribution < 1.29 is 32.3 Å². The highest BCUT2D eigenvalue weighted by molar-refractivity contribution is 5.93. The summed E-state index contributed by atoms with van der Waals surface area (Å²) in [5, 5.41) is 14.3. The van der Waals surface area contributed by atoms with Gasteiger partial charge in [0.05, 0.1) is 12.1 Å². The van der Waals surface area contributed by atoms with Gasteiger partial charge in [-0.05, 0) is 31.2 Å². The van der Waals surface area contributed by atoms with Crippen LogP contribution in [0.1, 0.15) is 22.9 Å². The Morgan fingerprint density at radius 3 is 2.40 bits per heavy atom. The van der Waals surface area contributed by atoms with Gasteiger partial charge in [-0.1, -0.05) is 0 Å². The molecule has 1 unspecified atom stereocenters. The predicted octanol–water partition coefficient (Wildman–Crippen LogP) is 1.85. The van der Waals surface area contributed by atoms with E-state index in [0.29, 0.717) is 5.69 Å². The van der Waals surface area contributed by atoms with Gasteiger partial charge in [-0.15, -0.1) is 5.10 Å². The first-order valence-electron chi connectivity index (χ1n) is 6.87. The molecule has 2 rings (SSSR count). The van der Waals surface area contributed by atoms with Crippen molar-refractivity contribution in [1.29, 1.82) is 0 Å². The molecule has 0 saturated heterocycles. The van der Waals surface area contributed by atoms with Crippen molar-refractivity contribution in [2.24, 2.45) is 0 Å². The molecule has 0 aliphatic rings. The minimum absolute atomic E-state index is 0.208. The van der Waals surface area contributed by atoms with Gasteiger partial charge >= 0.3 is 12.1 Å². The van der Waals surface area contributed by atoms with E-state index < -0.39 is 42.2 Å². The van der Waals surface area contributed by atoms with Gasteiger partial charge < -0.3 is 10.4 Å². The van der Waals surface area contributed by atoms with Gasteiger partial charge in [0, 0.05) is 0 Å². The number of aliphatic carboxylic acids is 1. The second kappa shape index (κ2) is 6.87. The van der Waals surface area contributed by atoms with Crippen molar-refractivity contribution in [1.82, 2.24) is 20.1 Å². The summed E-state index contributed by atoms with van der Waals surface area (Å²) in [7, 11) is 0. The van der Waals surface area contributed by atoms with Gasteiger partial charge in [-0.3, -0.25) is 4.79 Å². The van der Waals surface area contributed by atoms with Crippen LogP contribution in [0.2, 0.25) is 0 Å². The Labute approximate surface area is 138 Å².